The zero-order valence-electron chi connectivity index (χ0n) is 5.20. The van der Waals surface area contributed by atoms with Gasteiger partial charge < -0.3 is 0 Å². The molecule has 0 atom stereocenters. The number of carbonyl (C=O) groups excluding carboxylic acids is 2. The molecule has 2 amide bonds. The van der Waals surface area contributed by atoms with Crippen LogP contribution in [0.1, 0.15) is 20.0 Å². The molecule has 0 saturated carbocycles. The monoisotopic (exact) mass is 279 g/mol. The SMILES string of the molecule is O=C1c2ccsc2C(=O)N1I. The van der Waals surface area contributed by atoms with Crippen LogP contribution in [0, 0.1) is 0 Å². The molecule has 0 saturated heterocycles. The van der Waals surface area contributed by atoms with Gasteiger partial charge in [0.05, 0.1) is 28.4 Å². The molecule has 56 valence electrons. The Morgan fingerprint density at radius 1 is 1.36 bits per heavy atom. The number of carbonyl (C=O) groups is 2. The lowest BCUT2D eigenvalue weighted by atomic mass is 10.3. The molecule has 2 heterocycles. The predicted molar refractivity (Wildman–Crippen MR) is 48.8 cm³/mol. The summed E-state index contributed by atoms with van der Waals surface area (Å²) in [5, 5.41) is 1.75. The van der Waals surface area contributed by atoms with Gasteiger partial charge >= 0.3 is 0 Å². The van der Waals surface area contributed by atoms with Crippen molar-refractivity contribution >= 4 is 46.0 Å². The van der Waals surface area contributed by atoms with E-state index in [2.05, 4.69) is 0 Å². The van der Waals surface area contributed by atoms with Crippen molar-refractivity contribution in [3.63, 3.8) is 0 Å². The van der Waals surface area contributed by atoms with E-state index in [1.54, 1.807) is 34.3 Å². The summed E-state index contributed by atoms with van der Waals surface area (Å²) >= 11 is 3.03. The van der Waals surface area contributed by atoms with Gasteiger partial charge in [0, 0.05) is 0 Å². The van der Waals surface area contributed by atoms with Crippen LogP contribution in [0.5, 0.6) is 0 Å². The third kappa shape index (κ3) is 0.839. The van der Waals surface area contributed by atoms with Crippen molar-refractivity contribution in [1.29, 1.82) is 0 Å². The molecule has 2 rings (SSSR count). The summed E-state index contributed by atoms with van der Waals surface area (Å²) in [5.41, 5.74) is 0.536. The van der Waals surface area contributed by atoms with Crippen LogP contribution in [0.4, 0.5) is 0 Å². The van der Waals surface area contributed by atoms with Gasteiger partial charge in [0.2, 0.25) is 0 Å². The largest absolute Gasteiger partial charge is 0.280 e. The van der Waals surface area contributed by atoms with Crippen molar-refractivity contribution in [2.24, 2.45) is 0 Å². The molecule has 1 aliphatic rings. The molecule has 0 aromatic carbocycles. The molecule has 0 spiro atoms. The molecule has 11 heavy (non-hydrogen) atoms. The van der Waals surface area contributed by atoms with Crippen LogP contribution < -0.4 is 0 Å². The van der Waals surface area contributed by atoms with Crippen LogP contribution in [0.3, 0.4) is 0 Å². The van der Waals surface area contributed by atoms with Gasteiger partial charge in [0.1, 0.15) is 4.88 Å². The summed E-state index contributed by atoms with van der Waals surface area (Å²) in [4.78, 5) is 22.9. The van der Waals surface area contributed by atoms with Crippen molar-refractivity contribution in [2.45, 2.75) is 0 Å². The summed E-state index contributed by atoms with van der Waals surface area (Å²) in [6.45, 7) is 0. The smallest absolute Gasteiger partial charge is 0.268 e. The van der Waals surface area contributed by atoms with E-state index >= 15 is 0 Å². The van der Waals surface area contributed by atoms with Crippen molar-refractivity contribution in [2.75, 3.05) is 0 Å². The normalized spacial score (nSPS) is 15.9. The van der Waals surface area contributed by atoms with E-state index in [0.29, 0.717) is 10.4 Å². The summed E-state index contributed by atoms with van der Waals surface area (Å²) in [5.74, 6) is -0.396. The van der Waals surface area contributed by atoms with E-state index in [1.807, 2.05) is 0 Å². The van der Waals surface area contributed by atoms with Gasteiger partial charge in [-0.05, 0) is 11.4 Å². The van der Waals surface area contributed by atoms with Gasteiger partial charge in [-0.2, -0.15) is 0 Å². The highest BCUT2D eigenvalue weighted by Gasteiger charge is 2.35. The molecule has 0 radical (unpaired) electrons. The molecule has 1 aromatic heterocycles. The fourth-order valence-corrected chi connectivity index (χ4v) is 2.41. The van der Waals surface area contributed by atoms with Crippen LogP contribution in [0.2, 0.25) is 0 Å². The van der Waals surface area contributed by atoms with Crippen LogP contribution in [-0.2, 0) is 0 Å². The lowest BCUT2D eigenvalue weighted by Crippen LogP contribution is -2.17. The first-order chi connectivity index (χ1) is 5.22. The Morgan fingerprint density at radius 3 is 2.73 bits per heavy atom. The molecular weight excluding hydrogens is 277 g/mol. The highest BCUT2D eigenvalue weighted by molar-refractivity contribution is 14.1. The minimum absolute atomic E-state index is 0.194. The number of amides is 2. The summed E-state index contributed by atoms with van der Waals surface area (Å²) in [7, 11) is 0. The van der Waals surface area contributed by atoms with Crippen LogP contribution in [0.15, 0.2) is 11.4 Å². The summed E-state index contributed by atoms with van der Waals surface area (Å²) in [6, 6.07) is 1.68. The van der Waals surface area contributed by atoms with E-state index in [4.69, 9.17) is 0 Å². The van der Waals surface area contributed by atoms with Gasteiger partial charge in [0.25, 0.3) is 11.8 Å². The first kappa shape index (κ1) is 7.23. The Labute approximate surface area is 80.5 Å². The fourth-order valence-electron chi connectivity index (χ4n) is 0.930. The summed E-state index contributed by atoms with van der Waals surface area (Å²) < 4.78 is 1.11. The van der Waals surface area contributed by atoms with Crippen molar-refractivity contribution in [3.05, 3.63) is 21.9 Å². The van der Waals surface area contributed by atoms with E-state index in [1.165, 1.54) is 11.3 Å². The fraction of sp³-hybridized carbons (Fsp3) is 0. The Morgan fingerprint density at radius 2 is 2.09 bits per heavy atom. The number of hydrogen-bond acceptors (Lipinski definition) is 3. The minimum atomic E-state index is -0.202. The highest BCUT2D eigenvalue weighted by atomic mass is 127. The molecule has 0 fully saturated rings. The molecule has 1 aliphatic heterocycles. The molecular formula is C6H2INO2S. The molecule has 0 aliphatic carbocycles. The van der Waals surface area contributed by atoms with Crippen molar-refractivity contribution in [1.82, 2.24) is 3.11 Å². The second kappa shape index (κ2) is 2.28. The van der Waals surface area contributed by atoms with Crippen molar-refractivity contribution in [3.8, 4) is 0 Å². The summed E-state index contributed by atoms with van der Waals surface area (Å²) in [6.07, 6.45) is 0. The third-order valence-corrected chi connectivity index (χ3v) is 3.23. The van der Waals surface area contributed by atoms with Gasteiger partial charge in [-0.15, -0.1) is 11.3 Å². The molecule has 1 aromatic rings. The van der Waals surface area contributed by atoms with E-state index in [9.17, 15) is 9.59 Å². The van der Waals surface area contributed by atoms with E-state index in [0.717, 1.165) is 3.11 Å². The Kier molecular flexibility index (Phi) is 1.50. The molecule has 3 nitrogen and oxygen atoms in total. The Bertz CT molecular complexity index is 316. The quantitative estimate of drug-likeness (QED) is 0.412. The molecule has 0 bridgehead atoms. The van der Waals surface area contributed by atoms with E-state index in [-0.39, 0.29) is 11.8 Å². The van der Waals surface area contributed by atoms with Crippen LogP contribution >= 0.6 is 34.2 Å². The second-order valence-corrected chi connectivity index (χ2v) is 3.94. The minimum Gasteiger partial charge on any atom is -0.268 e. The second-order valence-electron chi connectivity index (χ2n) is 2.05. The number of imide groups is 1. The molecule has 0 unspecified atom stereocenters. The van der Waals surface area contributed by atoms with Gasteiger partial charge in [-0.25, -0.2) is 3.11 Å². The maximum absolute atomic E-state index is 11.2. The Hall–Kier alpha value is -0.430. The first-order valence-electron chi connectivity index (χ1n) is 2.84. The average molecular weight is 279 g/mol. The van der Waals surface area contributed by atoms with E-state index < -0.39 is 0 Å². The number of nitrogens with zero attached hydrogens (tertiary/aromatic N) is 1. The lowest BCUT2D eigenvalue weighted by molar-refractivity contribution is 0.0798. The van der Waals surface area contributed by atoms with Crippen LogP contribution in [-0.4, -0.2) is 14.9 Å². The van der Waals surface area contributed by atoms with Gasteiger partial charge in [-0.3, -0.25) is 9.59 Å². The number of hydrogen-bond donors (Lipinski definition) is 0. The predicted octanol–water partition coefficient (Wildman–Crippen LogP) is 1.69. The highest BCUT2D eigenvalue weighted by Crippen LogP contribution is 2.29. The van der Waals surface area contributed by atoms with Gasteiger partial charge in [-0.1, -0.05) is 0 Å². The maximum atomic E-state index is 11.2. The zero-order valence-corrected chi connectivity index (χ0v) is 8.18. The number of thiophene rings is 1. The third-order valence-electron chi connectivity index (χ3n) is 1.45. The molecule has 5 heteroatoms. The number of rotatable bonds is 0. The maximum Gasteiger partial charge on any atom is 0.280 e. The number of halogens is 1. The first-order valence-corrected chi connectivity index (χ1v) is 4.68. The topological polar surface area (TPSA) is 37.4 Å². The zero-order chi connectivity index (χ0) is 8.01. The standard InChI is InChI=1S/C6H2INO2S/c7-8-5(9)3-1-2-11-4(3)6(8)10/h1-2H. The average Bonchev–Trinajstić information content (AvgIpc) is 2.53. The number of fused-ring (bicyclic) bond motifs is 1. The van der Waals surface area contributed by atoms with Crippen molar-refractivity contribution < 1.29 is 9.59 Å². The Balaban J connectivity index is 2.65. The lowest BCUT2D eigenvalue weighted by Gasteiger charge is -1.99. The molecule has 0 N–H and O–H groups in total. The van der Waals surface area contributed by atoms with Gasteiger partial charge in [0.15, 0.2) is 0 Å². The van der Waals surface area contributed by atoms with Crippen LogP contribution in [0.25, 0.3) is 0 Å².